The number of nitrogens with one attached hydrogen (secondary N) is 2. The van der Waals surface area contributed by atoms with Crippen LogP contribution in [0.1, 0.15) is 20.9 Å². The van der Waals surface area contributed by atoms with Crippen molar-refractivity contribution in [3.05, 3.63) is 63.3 Å². The van der Waals surface area contributed by atoms with Crippen LogP contribution in [-0.4, -0.2) is 28.4 Å². The zero-order valence-electron chi connectivity index (χ0n) is 13.8. The third-order valence-corrected chi connectivity index (χ3v) is 5.73. The molecule has 132 valence electrons. The summed E-state index contributed by atoms with van der Waals surface area (Å²) in [5.74, 6) is -0.156. The molecule has 0 saturated heterocycles. The molecule has 1 aliphatic rings. The molecule has 6 nitrogen and oxygen atoms in total. The minimum atomic E-state index is -0.156. The lowest BCUT2D eigenvalue weighted by atomic mass is 10.2. The van der Waals surface area contributed by atoms with Gasteiger partial charge in [0.25, 0.3) is 5.91 Å². The normalized spacial score (nSPS) is 13.2. The number of thiophene rings is 1. The molecule has 4 rings (SSSR count). The summed E-state index contributed by atoms with van der Waals surface area (Å²) in [5.41, 5.74) is 2.36. The topological polar surface area (TPSA) is 74.3 Å². The summed E-state index contributed by atoms with van der Waals surface area (Å²) in [4.78, 5) is 31.9. The molecule has 0 spiro atoms. The fraction of sp³-hybridized carbons (Fsp3) is 0.167. The number of carbonyl (C=O) groups excluding carboxylic acids is 2. The average molecular weight is 384 g/mol. The number of aromatic nitrogens is 1. The van der Waals surface area contributed by atoms with E-state index in [4.69, 9.17) is 0 Å². The number of rotatable bonds is 3. The van der Waals surface area contributed by atoms with Gasteiger partial charge in [0.15, 0.2) is 5.13 Å². The Labute approximate surface area is 158 Å². The third-order valence-electron chi connectivity index (χ3n) is 4.05. The molecule has 0 atom stereocenters. The highest BCUT2D eigenvalue weighted by Crippen LogP contribution is 2.29. The highest BCUT2D eigenvalue weighted by Gasteiger charge is 2.24. The average Bonchev–Trinajstić information content (AvgIpc) is 3.31. The maximum atomic E-state index is 12.4. The van der Waals surface area contributed by atoms with Crippen molar-refractivity contribution in [3.63, 3.8) is 0 Å². The van der Waals surface area contributed by atoms with Crippen LogP contribution in [0, 0.1) is 0 Å². The highest BCUT2D eigenvalue weighted by molar-refractivity contribution is 7.16. The van der Waals surface area contributed by atoms with E-state index in [1.807, 2.05) is 35.7 Å². The molecule has 0 bridgehead atoms. The first kappa shape index (κ1) is 16.7. The van der Waals surface area contributed by atoms with Gasteiger partial charge < -0.3 is 10.2 Å². The summed E-state index contributed by atoms with van der Waals surface area (Å²) in [6.45, 7) is 1.10. The summed E-state index contributed by atoms with van der Waals surface area (Å²) in [6.07, 6.45) is 0.683. The maximum Gasteiger partial charge on any atom is 0.322 e. The molecule has 26 heavy (non-hydrogen) atoms. The zero-order valence-corrected chi connectivity index (χ0v) is 15.4. The van der Waals surface area contributed by atoms with Gasteiger partial charge in [0.2, 0.25) is 0 Å². The number of carbonyl (C=O) groups is 2. The first-order chi connectivity index (χ1) is 12.7. The maximum absolute atomic E-state index is 12.4. The van der Waals surface area contributed by atoms with Crippen molar-refractivity contribution in [1.29, 1.82) is 0 Å². The van der Waals surface area contributed by atoms with E-state index in [0.717, 1.165) is 16.3 Å². The molecular weight excluding hydrogens is 368 g/mol. The summed E-state index contributed by atoms with van der Waals surface area (Å²) in [6, 6.07) is 11.1. The van der Waals surface area contributed by atoms with E-state index in [9.17, 15) is 9.59 Å². The van der Waals surface area contributed by atoms with Crippen molar-refractivity contribution in [1.82, 2.24) is 9.88 Å². The van der Waals surface area contributed by atoms with Crippen LogP contribution in [0.3, 0.4) is 0 Å². The number of benzene rings is 1. The number of urea groups is 1. The van der Waals surface area contributed by atoms with E-state index in [2.05, 4.69) is 15.6 Å². The van der Waals surface area contributed by atoms with Crippen LogP contribution in [-0.2, 0) is 13.0 Å². The number of hydrogen-bond acceptors (Lipinski definition) is 5. The van der Waals surface area contributed by atoms with E-state index >= 15 is 0 Å². The van der Waals surface area contributed by atoms with Gasteiger partial charge >= 0.3 is 6.03 Å². The van der Waals surface area contributed by atoms with Crippen LogP contribution in [0.5, 0.6) is 0 Å². The largest absolute Gasteiger partial charge is 0.322 e. The van der Waals surface area contributed by atoms with Gasteiger partial charge in [-0.05, 0) is 23.6 Å². The SMILES string of the molecule is O=C(Nc1nc2c(s1)CN(C(=O)Nc1ccccc1)CC2)c1ccsc1. The Kier molecular flexibility index (Phi) is 4.68. The molecule has 3 aromatic rings. The Morgan fingerprint density at radius 3 is 2.73 bits per heavy atom. The summed E-state index contributed by atoms with van der Waals surface area (Å²) in [7, 11) is 0. The molecule has 2 N–H and O–H groups in total. The van der Waals surface area contributed by atoms with Crippen LogP contribution in [0.4, 0.5) is 15.6 Å². The predicted molar refractivity (Wildman–Crippen MR) is 104 cm³/mol. The number of para-hydroxylation sites is 1. The van der Waals surface area contributed by atoms with Crippen molar-refractivity contribution in [2.45, 2.75) is 13.0 Å². The van der Waals surface area contributed by atoms with Gasteiger partial charge in [-0.15, -0.1) is 0 Å². The van der Waals surface area contributed by atoms with Crippen LogP contribution in [0.25, 0.3) is 0 Å². The number of hydrogen-bond donors (Lipinski definition) is 2. The summed E-state index contributed by atoms with van der Waals surface area (Å²) in [5, 5.41) is 9.99. The van der Waals surface area contributed by atoms with Gasteiger partial charge in [-0.3, -0.25) is 10.1 Å². The van der Waals surface area contributed by atoms with Crippen molar-refractivity contribution >= 4 is 45.4 Å². The second-order valence-electron chi connectivity index (χ2n) is 5.82. The fourth-order valence-electron chi connectivity index (χ4n) is 2.71. The standard InChI is InChI=1S/C18H16N4O2S2/c23-16(12-7-9-25-11-12)21-17-20-14-6-8-22(10-15(14)26-17)18(24)19-13-4-2-1-3-5-13/h1-5,7,9,11H,6,8,10H2,(H,19,24)(H,20,21,23). The monoisotopic (exact) mass is 384 g/mol. The predicted octanol–water partition coefficient (Wildman–Crippen LogP) is 4.05. The third kappa shape index (κ3) is 3.61. The molecule has 0 aliphatic carbocycles. The van der Waals surface area contributed by atoms with Crippen molar-refractivity contribution in [3.8, 4) is 0 Å². The van der Waals surface area contributed by atoms with E-state index < -0.39 is 0 Å². The van der Waals surface area contributed by atoms with Crippen LogP contribution in [0.15, 0.2) is 47.2 Å². The Morgan fingerprint density at radius 2 is 1.96 bits per heavy atom. The van der Waals surface area contributed by atoms with E-state index in [0.29, 0.717) is 30.2 Å². The second kappa shape index (κ2) is 7.27. The molecule has 8 heteroatoms. The minimum Gasteiger partial charge on any atom is -0.319 e. The molecule has 0 fully saturated rings. The number of amides is 3. The molecule has 1 aromatic carbocycles. The molecule has 3 heterocycles. The molecule has 1 aliphatic heterocycles. The summed E-state index contributed by atoms with van der Waals surface area (Å²) < 4.78 is 0. The molecule has 3 amide bonds. The lowest BCUT2D eigenvalue weighted by Crippen LogP contribution is -2.38. The van der Waals surface area contributed by atoms with Gasteiger partial charge in [0, 0.05) is 28.9 Å². The van der Waals surface area contributed by atoms with Crippen molar-refractivity contribution in [2.24, 2.45) is 0 Å². The summed E-state index contributed by atoms with van der Waals surface area (Å²) >= 11 is 2.91. The van der Waals surface area contributed by atoms with Crippen LogP contribution >= 0.6 is 22.7 Å². The number of thiazole rings is 1. The van der Waals surface area contributed by atoms with Crippen molar-refractivity contribution in [2.75, 3.05) is 17.2 Å². The van der Waals surface area contributed by atoms with Gasteiger partial charge in [-0.25, -0.2) is 9.78 Å². The van der Waals surface area contributed by atoms with Crippen LogP contribution < -0.4 is 10.6 Å². The van der Waals surface area contributed by atoms with Gasteiger partial charge in [0.1, 0.15) is 0 Å². The quantitative estimate of drug-likeness (QED) is 0.715. The van der Waals surface area contributed by atoms with E-state index in [-0.39, 0.29) is 11.9 Å². The van der Waals surface area contributed by atoms with Gasteiger partial charge in [-0.2, -0.15) is 11.3 Å². The Bertz CT molecular complexity index is 922. The first-order valence-electron chi connectivity index (χ1n) is 8.12. The molecular formula is C18H16N4O2S2. The lowest BCUT2D eigenvalue weighted by molar-refractivity contribution is 0.102. The molecule has 0 unspecified atom stereocenters. The van der Waals surface area contributed by atoms with Crippen molar-refractivity contribution < 1.29 is 9.59 Å². The van der Waals surface area contributed by atoms with E-state index in [1.165, 1.54) is 22.7 Å². The van der Waals surface area contributed by atoms with Crippen LogP contribution in [0.2, 0.25) is 0 Å². The zero-order chi connectivity index (χ0) is 17.9. The fourth-order valence-corrected chi connectivity index (χ4v) is 4.36. The molecule has 0 radical (unpaired) electrons. The smallest absolute Gasteiger partial charge is 0.319 e. The Balaban J connectivity index is 1.41. The first-order valence-corrected chi connectivity index (χ1v) is 9.88. The van der Waals surface area contributed by atoms with Gasteiger partial charge in [-0.1, -0.05) is 29.5 Å². The number of anilines is 2. The van der Waals surface area contributed by atoms with E-state index in [1.54, 1.807) is 16.3 Å². The van der Waals surface area contributed by atoms with Gasteiger partial charge in [0.05, 0.1) is 17.8 Å². The minimum absolute atomic E-state index is 0.126. The number of fused-ring (bicyclic) bond motifs is 1. The Hall–Kier alpha value is -2.71. The molecule has 2 aromatic heterocycles. The lowest BCUT2D eigenvalue weighted by Gasteiger charge is -2.26. The molecule has 0 saturated carbocycles. The number of nitrogens with zero attached hydrogens (tertiary/aromatic N) is 2. The Morgan fingerprint density at radius 1 is 1.12 bits per heavy atom. The highest BCUT2D eigenvalue weighted by atomic mass is 32.1. The second-order valence-corrected chi connectivity index (χ2v) is 7.69.